The van der Waals surface area contributed by atoms with Crippen molar-refractivity contribution >= 4 is 29.1 Å². The molecule has 0 unspecified atom stereocenters. The van der Waals surface area contributed by atoms with Crippen LogP contribution in [0.3, 0.4) is 0 Å². The molecular weight excluding hydrogens is 360 g/mol. The van der Waals surface area contributed by atoms with Gasteiger partial charge in [0.05, 0.1) is 13.2 Å². The Hall–Kier alpha value is -2.45. The number of nitrogens with zero attached hydrogens (tertiary/aromatic N) is 2. The zero-order valence-corrected chi connectivity index (χ0v) is 16.3. The largest absolute Gasteiger partial charge is 0.379 e. The van der Waals surface area contributed by atoms with E-state index in [1.165, 1.54) is 0 Å². The predicted octanol–water partition coefficient (Wildman–Crippen LogP) is 0.899. The molecule has 2 N–H and O–H groups in total. The van der Waals surface area contributed by atoms with Crippen LogP contribution in [0.2, 0.25) is 0 Å². The number of nitrogens with one attached hydrogen (secondary N) is 2. The van der Waals surface area contributed by atoms with E-state index in [4.69, 9.17) is 4.74 Å². The van der Waals surface area contributed by atoms with Crippen molar-refractivity contribution in [2.45, 2.75) is 26.2 Å². The van der Waals surface area contributed by atoms with Gasteiger partial charge in [0.25, 0.3) is 0 Å². The lowest BCUT2D eigenvalue weighted by Gasteiger charge is -2.28. The minimum absolute atomic E-state index is 0.0960. The molecule has 0 saturated carbocycles. The maximum Gasteiger partial charge on any atom is 0.313 e. The summed E-state index contributed by atoms with van der Waals surface area (Å²) < 4.78 is 5.28. The van der Waals surface area contributed by atoms with Gasteiger partial charge in [0.15, 0.2) is 0 Å². The van der Waals surface area contributed by atoms with Gasteiger partial charge in [-0.2, -0.15) is 0 Å². The van der Waals surface area contributed by atoms with Gasteiger partial charge in [-0.05, 0) is 37.5 Å². The van der Waals surface area contributed by atoms with Crippen molar-refractivity contribution in [1.82, 2.24) is 10.2 Å². The molecule has 8 heteroatoms. The molecule has 0 aliphatic carbocycles. The third-order valence-electron chi connectivity index (χ3n) is 5.10. The summed E-state index contributed by atoms with van der Waals surface area (Å²) in [6, 6.07) is 5.35. The number of carbonyl (C=O) groups is 3. The number of aryl methyl sites for hydroxylation is 1. The SMILES string of the molecule is Cc1ccc(NC(=O)C(=O)NCCN2CCOCC2)cc1N1CCCCC1=O. The average Bonchev–Trinajstić information content (AvgIpc) is 2.70. The Morgan fingerprint density at radius 3 is 2.64 bits per heavy atom. The molecule has 3 rings (SSSR count). The van der Waals surface area contributed by atoms with Gasteiger partial charge in [-0.25, -0.2) is 0 Å². The second kappa shape index (κ2) is 9.66. The van der Waals surface area contributed by atoms with E-state index in [1.807, 2.05) is 13.0 Å². The summed E-state index contributed by atoms with van der Waals surface area (Å²) in [6.07, 6.45) is 2.42. The Morgan fingerprint density at radius 2 is 1.89 bits per heavy atom. The summed E-state index contributed by atoms with van der Waals surface area (Å²) in [4.78, 5) is 40.4. The van der Waals surface area contributed by atoms with Gasteiger partial charge in [-0.15, -0.1) is 0 Å². The van der Waals surface area contributed by atoms with Crippen molar-refractivity contribution < 1.29 is 19.1 Å². The molecule has 2 saturated heterocycles. The van der Waals surface area contributed by atoms with Gasteiger partial charge in [0.1, 0.15) is 0 Å². The van der Waals surface area contributed by atoms with E-state index in [1.54, 1.807) is 17.0 Å². The Morgan fingerprint density at radius 1 is 1.11 bits per heavy atom. The number of morpholine rings is 1. The minimum Gasteiger partial charge on any atom is -0.379 e. The van der Waals surface area contributed by atoms with Crippen molar-refractivity contribution in [3.05, 3.63) is 23.8 Å². The average molecular weight is 388 g/mol. The van der Waals surface area contributed by atoms with Crippen LogP contribution in [0, 0.1) is 6.92 Å². The molecule has 0 atom stereocenters. The Kier molecular flexibility index (Phi) is 7.00. The van der Waals surface area contributed by atoms with Crippen LogP contribution in [0.5, 0.6) is 0 Å². The molecule has 0 aromatic heterocycles. The number of anilines is 2. The lowest BCUT2D eigenvalue weighted by Crippen LogP contribution is -2.43. The van der Waals surface area contributed by atoms with E-state index < -0.39 is 11.8 Å². The highest BCUT2D eigenvalue weighted by atomic mass is 16.5. The molecule has 8 nitrogen and oxygen atoms in total. The first-order valence-corrected chi connectivity index (χ1v) is 9.85. The highest BCUT2D eigenvalue weighted by molar-refractivity contribution is 6.39. The number of benzene rings is 1. The van der Waals surface area contributed by atoms with Crippen molar-refractivity contribution in [3.8, 4) is 0 Å². The van der Waals surface area contributed by atoms with Crippen molar-refractivity contribution in [2.75, 3.05) is 56.2 Å². The summed E-state index contributed by atoms with van der Waals surface area (Å²) in [6.45, 7) is 6.78. The summed E-state index contributed by atoms with van der Waals surface area (Å²) in [5.74, 6) is -1.27. The molecule has 1 aromatic rings. The van der Waals surface area contributed by atoms with E-state index >= 15 is 0 Å². The molecular formula is C20H28N4O4. The standard InChI is InChI=1S/C20H28N4O4/c1-15-5-6-16(14-17(15)24-8-3-2-4-18(24)25)22-20(27)19(26)21-7-9-23-10-12-28-13-11-23/h5-6,14H,2-4,7-13H2,1H3,(H,21,26)(H,22,27). The third-order valence-corrected chi connectivity index (χ3v) is 5.10. The summed E-state index contributed by atoms with van der Waals surface area (Å²) >= 11 is 0. The summed E-state index contributed by atoms with van der Waals surface area (Å²) in [5.41, 5.74) is 2.26. The van der Waals surface area contributed by atoms with Gasteiger partial charge >= 0.3 is 11.8 Å². The van der Waals surface area contributed by atoms with Crippen LogP contribution >= 0.6 is 0 Å². The second-order valence-corrected chi connectivity index (χ2v) is 7.17. The van der Waals surface area contributed by atoms with Gasteiger partial charge in [0, 0.05) is 50.5 Å². The number of piperidine rings is 1. The molecule has 2 fully saturated rings. The first kappa shape index (κ1) is 20.3. The zero-order valence-electron chi connectivity index (χ0n) is 16.3. The van der Waals surface area contributed by atoms with E-state index in [0.29, 0.717) is 45.0 Å². The molecule has 28 heavy (non-hydrogen) atoms. The topological polar surface area (TPSA) is 91.0 Å². The number of hydrogen-bond acceptors (Lipinski definition) is 5. The molecule has 2 aliphatic rings. The van der Waals surface area contributed by atoms with Crippen LogP contribution in [0.4, 0.5) is 11.4 Å². The van der Waals surface area contributed by atoms with Gasteiger partial charge in [-0.3, -0.25) is 19.3 Å². The highest BCUT2D eigenvalue weighted by Crippen LogP contribution is 2.27. The van der Waals surface area contributed by atoms with Crippen molar-refractivity contribution in [3.63, 3.8) is 0 Å². The van der Waals surface area contributed by atoms with E-state index in [2.05, 4.69) is 15.5 Å². The monoisotopic (exact) mass is 388 g/mol. The number of carbonyl (C=O) groups excluding carboxylic acids is 3. The molecule has 0 radical (unpaired) electrons. The van der Waals surface area contributed by atoms with Gasteiger partial charge in [-0.1, -0.05) is 6.07 Å². The highest BCUT2D eigenvalue weighted by Gasteiger charge is 2.22. The normalized spacial score (nSPS) is 18.0. The summed E-state index contributed by atoms with van der Waals surface area (Å²) in [5, 5.41) is 5.28. The fourth-order valence-corrected chi connectivity index (χ4v) is 3.46. The summed E-state index contributed by atoms with van der Waals surface area (Å²) in [7, 11) is 0. The number of ether oxygens (including phenoxy) is 1. The predicted molar refractivity (Wildman–Crippen MR) is 106 cm³/mol. The van der Waals surface area contributed by atoms with E-state index in [0.717, 1.165) is 37.2 Å². The first-order chi connectivity index (χ1) is 13.5. The Balaban J connectivity index is 1.53. The molecule has 0 bridgehead atoms. The molecule has 0 spiro atoms. The molecule has 2 aliphatic heterocycles. The lowest BCUT2D eigenvalue weighted by atomic mass is 10.1. The van der Waals surface area contributed by atoms with Crippen LogP contribution in [-0.2, 0) is 19.1 Å². The first-order valence-electron chi connectivity index (χ1n) is 9.85. The Labute approximate surface area is 165 Å². The van der Waals surface area contributed by atoms with Gasteiger partial charge < -0.3 is 20.3 Å². The molecule has 1 aromatic carbocycles. The third kappa shape index (κ3) is 5.30. The molecule has 3 amide bonds. The Bertz CT molecular complexity index is 731. The van der Waals surface area contributed by atoms with Crippen LogP contribution in [-0.4, -0.2) is 68.6 Å². The van der Waals surface area contributed by atoms with Crippen LogP contribution in [0.15, 0.2) is 18.2 Å². The fraction of sp³-hybridized carbons (Fsp3) is 0.550. The van der Waals surface area contributed by atoms with E-state index in [-0.39, 0.29) is 5.91 Å². The van der Waals surface area contributed by atoms with Crippen molar-refractivity contribution in [2.24, 2.45) is 0 Å². The lowest BCUT2D eigenvalue weighted by molar-refractivity contribution is -0.136. The maximum atomic E-state index is 12.2. The number of hydrogen-bond donors (Lipinski definition) is 2. The van der Waals surface area contributed by atoms with E-state index in [9.17, 15) is 14.4 Å². The van der Waals surface area contributed by atoms with Crippen LogP contribution in [0.25, 0.3) is 0 Å². The maximum absolute atomic E-state index is 12.2. The minimum atomic E-state index is -0.707. The zero-order chi connectivity index (χ0) is 19.9. The number of amides is 3. The van der Waals surface area contributed by atoms with Gasteiger partial charge in [0.2, 0.25) is 5.91 Å². The fourth-order valence-electron chi connectivity index (χ4n) is 3.46. The van der Waals surface area contributed by atoms with Crippen LogP contribution < -0.4 is 15.5 Å². The number of rotatable bonds is 5. The smallest absolute Gasteiger partial charge is 0.313 e. The molecule has 152 valence electrons. The molecule has 2 heterocycles. The van der Waals surface area contributed by atoms with Crippen molar-refractivity contribution in [1.29, 1.82) is 0 Å². The van der Waals surface area contributed by atoms with Crippen LogP contribution in [0.1, 0.15) is 24.8 Å². The quantitative estimate of drug-likeness (QED) is 0.732. The second-order valence-electron chi connectivity index (χ2n) is 7.17.